The maximum atomic E-state index is 13.3. The van der Waals surface area contributed by atoms with Crippen LogP contribution in [-0.2, 0) is 11.2 Å². The van der Waals surface area contributed by atoms with Crippen molar-refractivity contribution in [1.29, 1.82) is 0 Å². The zero-order chi connectivity index (χ0) is 14.4. The third-order valence-corrected chi connectivity index (χ3v) is 3.55. The summed E-state index contributed by atoms with van der Waals surface area (Å²) in [6.07, 6.45) is 0.684. The molecule has 0 unspecified atom stereocenters. The predicted molar refractivity (Wildman–Crippen MR) is 75.5 cm³/mol. The van der Waals surface area contributed by atoms with Gasteiger partial charge >= 0.3 is 0 Å². The molecule has 0 bridgehead atoms. The number of rotatable bonds is 6. The average Bonchev–Trinajstić information content (AvgIpc) is 2.83. The Morgan fingerprint density at radius 2 is 2.25 bits per heavy atom. The first-order valence-corrected chi connectivity index (χ1v) is 7.08. The number of halogens is 1. The summed E-state index contributed by atoms with van der Waals surface area (Å²) in [7, 11) is 0. The molecule has 1 aromatic heterocycles. The van der Waals surface area contributed by atoms with E-state index in [0.29, 0.717) is 13.0 Å². The van der Waals surface area contributed by atoms with Crippen LogP contribution in [0.3, 0.4) is 0 Å². The van der Waals surface area contributed by atoms with E-state index >= 15 is 0 Å². The van der Waals surface area contributed by atoms with Gasteiger partial charge in [0.15, 0.2) is 18.2 Å². The van der Waals surface area contributed by atoms with Crippen LogP contribution in [-0.4, -0.2) is 24.0 Å². The lowest BCUT2D eigenvalue weighted by molar-refractivity contribution is -0.123. The molecule has 1 amide bonds. The minimum Gasteiger partial charge on any atom is -0.481 e. The van der Waals surface area contributed by atoms with Gasteiger partial charge in [0.05, 0.1) is 5.01 Å². The highest BCUT2D eigenvalue weighted by molar-refractivity contribution is 7.09. The van der Waals surface area contributed by atoms with Crippen molar-refractivity contribution in [2.24, 2.45) is 0 Å². The zero-order valence-electron chi connectivity index (χ0n) is 11.1. The molecule has 1 aromatic carbocycles. The first-order valence-electron chi connectivity index (χ1n) is 6.20. The second-order valence-electron chi connectivity index (χ2n) is 4.20. The molecule has 0 aliphatic rings. The fourth-order valence-corrected chi connectivity index (χ4v) is 2.36. The summed E-state index contributed by atoms with van der Waals surface area (Å²) in [5, 5.41) is 5.67. The van der Waals surface area contributed by atoms with E-state index < -0.39 is 5.82 Å². The highest BCUT2D eigenvalue weighted by Crippen LogP contribution is 2.14. The summed E-state index contributed by atoms with van der Waals surface area (Å²) in [6, 6.07) is 6.00. The number of thiazole rings is 1. The second-order valence-corrected chi connectivity index (χ2v) is 5.14. The Bertz CT molecular complexity index is 586. The van der Waals surface area contributed by atoms with Gasteiger partial charge in [-0.2, -0.15) is 0 Å². The van der Waals surface area contributed by atoms with Crippen LogP contribution in [0.2, 0.25) is 0 Å². The Morgan fingerprint density at radius 3 is 2.95 bits per heavy atom. The van der Waals surface area contributed by atoms with Crippen LogP contribution in [0.5, 0.6) is 5.75 Å². The first kappa shape index (κ1) is 14.5. The Labute approximate surface area is 120 Å². The molecule has 0 saturated carbocycles. The quantitative estimate of drug-likeness (QED) is 0.889. The van der Waals surface area contributed by atoms with Crippen molar-refractivity contribution in [2.45, 2.75) is 13.3 Å². The lowest BCUT2D eigenvalue weighted by Gasteiger charge is -2.07. The molecule has 106 valence electrons. The Morgan fingerprint density at radius 1 is 1.45 bits per heavy atom. The Balaban J connectivity index is 1.69. The average molecular weight is 294 g/mol. The molecule has 20 heavy (non-hydrogen) atoms. The van der Waals surface area contributed by atoms with Crippen molar-refractivity contribution < 1.29 is 13.9 Å². The number of ether oxygens (including phenoxy) is 1. The summed E-state index contributed by atoms with van der Waals surface area (Å²) in [5.74, 6) is -0.668. The zero-order valence-corrected chi connectivity index (χ0v) is 11.9. The molecule has 0 radical (unpaired) electrons. The fourth-order valence-electron chi connectivity index (χ4n) is 1.58. The first-order chi connectivity index (χ1) is 9.65. The third-order valence-electron chi connectivity index (χ3n) is 2.52. The van der Waals surface area contributed by atoms with Gasteiger partial charge in [0.2, 0.25) is 0 Å². The highest BCUT2D eigenvalue weighted by Gasteiger charge is 2.06. The minimum absolute atomic E-state index is 0.0817. The molecule has 2 aromatic rings. The Hall–Kier alpha value is -1.95. The van der Waals surface area contributed by atoms with Gasteiger partial charge in [-0.3, -0.25) is 4.79 Å². The summed E-state index contributed by atoms with van der Waals surface area (Å²) in [4.78, 5) is 15.8. The van der Waals surface area contributed by atoms with Crippen LogP contribution in [0, 0.1) is 12.7 Å². The number of para-hydroxylation sites is 1. The van der Waals surface area contributed by atoms with Crippen LogP contribution in [0.4, 0.5) is 4.39 Å². The molecule has 0 aliphatic heterocycles. The van der Waals surface area contributed by atoms with E-state index in [2.05, 4.69) is 10.3 Å². The monoisotopic (exact) mass is 294 g/mol. The number of nitrogens with zero attached hydrogens (tertiary/aromatic N) is 1. The number of aromatic nitrogens is 1. The summed E-state index contributed by atoms with van der Waals surface area (Å²) in [6.45, 7) is 2.23. The van der Waals surface area contributed by atoms with Gasteiger partial charge in [-0.25, -0.2) is 9.37 Å². The third kappa shape index (κ3) is 4.31. The van der Waals surface area contributed by atoms with E-state index in [4.69, 9.17) is 4.74 Å². The number of hydrogen-bond acceptors (Lipinski definition) is 4. The number of hydrogen-bond donors (Lipinski definition) is 1. The summed E-state index contributed by atoms with van der Waals surface area (Å²) in [5.41, 5.74) is 0.985. The maximum absolute atomic E-state index is 13.3. The molecule has 0 fully saturated rings. The topological polar surface area (TPSA) is 51.2 Å². The predicted octanol–water partition coefficient (Wildman–Crippen LogP) is 2.33. The Kier molecular flexibility index (Phi) is 5.06. The van der Waals surface area contributed by atoms with E-state index in [9.17, 15) is 9.18 Å². The molecular weight excluding hydrogens is 279 g/mol. The molecule has 1 N–H and O–H groups in total. The van der Waals surface area contributed by atoms with E-state index in [-0.39, 0.29) is 18.3 Å². The van der Waals surface area contributed by atoms with Crippen LogP contribution < -0.4 is 10.1 Å². The fraction of sp³-hybridized carbons (Fsp3) is 0.286. The smallest absolute Gasteiger partial charge is 0.257 e. The van der Waals surface area contributed by atoms with Crippen LogP contribution in [0.15, 0.2) is 29.6 Å². The van der Waals surface area contributed by atoms with Gasteiger partial charge < -0.3 is 10.1 Å². The van der Waals surface area contributed by atoms with Gasteiger partial charge in [0, 0.05) is 24.0 Å². The molecule has 2 rings (SSSR count). The molecule has 4 nitrogen and oxygen atoms in total. The lowest BCUT2D eigenvalue weighted by atomic mass is 10.3. The van der Waals surface area contributed by atoms with E-state index in [1.54, 1.807) is 23.5 Å². The van der Waals surface area contributed by atoms with E-state index in [0.717, 1.165) is 10.7 Å². The van der Waals surface area contributed by atoms with Crippen molar-refractivity contribution >= 4 is 17.2 Å². The largest absolute Gasteiger partial charge is 0.481 e. The molecule has 6 heteroatoms. The van der Waals surface area contributed by atoms with Gasteiger partial charge in [0.1, 0.15) is 0 Å². The van der Waals surface area contributed by atoms with Crippen molar-refractivity contribution in [3.63, 3.8) is 0 Å². The second kappa shape index (κ2) is 7.00. The highest BCUT2D eigenvalue weighted by atomic mass is 32.1. The molecule has 0 aliphatic carbocycles. The number of carbonyl (C=O) groups excluding carboxylic acids is 1. The van der Waals surface area contributed by atoms with Crippen molar-refractivity contribution in [2.75, 3.05) is 13.2 Å². The van der Waals surface area contributed by atoms with E-state index in [1.807, 2.05) is 12.3 Å². The summed E-state index contributed by atoms with van der Waals surface area (Å²) < 4.78 is 18.4. The molecule has 1 heterocycles. The number of nitrogens with one attached hydrogen (secondary N) is 1. The number of aryl methyl sites for hydroxylation is 1. The van der Waals surface area contributed by atoms with Gasteiger partial charge in [-0.15, -0.1) is 11.3 Å². The van der Waals surface area contributed by atoms with Gasteiger partial charge in [-0.1, -0.05) is 12.1 Å². The molecule has 0 atom stereocenters. The van der Waals surface area contributed by atoms with Gasteiger partial charge in [-0.05, 0) is 19.1 Å². The van der Waals surface area contributed by atoms with Crippen LogP contribution in [0.1, 0.15) is 10.7 Å². The molecule has 0 spiro atoms. The minimum atomic E-state index is -0.474. The standard InChI is InChI=1S/C14H15FN2O2S/c1-10-9-20-14(17-10)6-7-16-13(18)8-19-12-5-3-2-4-11(12)15/h2-5,9H,6-8H2,1H3,(H,16,18). The number of benzene rings is 1. The molecule has 0 saturated heterocycles. The van der Waals surface area contributed by atoms with Crippen LogP contribution >= 0.6 is 11.3 Å². The maximum Gasteiger partial charge on any atom is 0.257 e. The molecular formula is C14H15FN2O2S. The van der Waals surface area contributed by atoms with Crippen LogP contribution in [0.25, 0.3) is 0 Å². The van der Waals surface area contributed by atoms with Crippen molar-refractivity contribution in [3.8, 4) is 5.75 Å². The van der Waals surface area contributed by atoms with Crippen molar-refractivity contribution in [1.82, 2.24) is 10.3 Å². The summed E-state index contributed by atoms with van der Waals surface area (Å²) >= 11 is 1.57. The lowest BCUT2D eigenvalue weighted by Crippen LogP contribution is -2.30. The van der Waals surface area contributed by atoms with E-state index in [1.165, 1.54) is 12.1 Å². The number of carbonyl (C=O) groups is 1. The van der Waals surface area contributed by atoms with Gasteiger partial charge in [0.25, 0.3) is 5.91 Å². The SMILES string of the molecule is Cc1csc(CCNC(=O)COc2ccccc2F)n1. The normalized spacial score (nSPS) is 10.3. The number of amides is 1. The van der Waals surface area contributed by atoms with Crippen molar-refractivity contribution in [3.05, 3.63) is 46.2 Å².